The van der Waals surface area contributed by atoms with Gasteiger partial charge in [0.05, 0.1) is 22.5 Å². The molecule has 0 spiro atoms. The van der Waals surface area contributed by atoms with Crippen LogP contribution in [0.3, 0.4) is 0 Å². The van der Waals surface area contributed by atoms with Gasteiger partial charge >= 0.3 is 0 Å². The number of aromatic nitrogens is 4. The molecule has 4 aromatic carbocycles. The zero-order chi connectivity index (χ0) is 43.6. The van der Waals surface area contributed by atoms with E-state index in [1.807, 2.05) is 57.2 Å². The third-order valence-electron chi connectivity index (χ3n) is 12.1. The zero-order valence-electron chi connectivity index (χ0n) is 35.4. The Morgan fingerprint density at radius 3 is 2.39 bits per heavy atom. The first-order valence-corrected chi connectivity index (χ1v) is 21.0. The molecular formula is C51H43B4N5O2. The Morgan fingerprint density at radius 2 is 1.66 bits per heavy atom. The summed E-state index contributed by atoms with van der Waals surface area (Å²) in [6, 6.07) is 22.5. The second-order valence-electron chi connectivity index (χ2n) is 17.0. The maximum Gasteiger partial charge on any atom is 0.238 e. The lowest BCUT2D eigenvalue weighted by molar-refractivity contribution is 0.393. The minimum Gasteiger partial charge on any atom is -0.513 e. The average Bonchev–Trinajstić information content (AvgIpc) is 3.81. The van der Waals surface area contributed by atoms with Crippen LogP contribution in [-0.2, 0) is 5.41 Å². The highest BCUT2D eigenvalue weighted by atomic mass is 16.3. The minimum atomic E-state index is -0.664. The summed E-state index contributed by atoms with van der Waals surface area (Å²) >= 11 is 0. The fraction of sp³-hybridized carbons (Fsp3) is 0.196. The highest BCUT2D eigenvalue weighted by molar-refractivity contribution is 6.59. The molecule has 62 heavy (non-hydrogen) atoms. The summed E-state index contributed by atoms with van der Waals surface area (Å²) in [7, 11) is 26.2. The van der Waals surface area contributed by atoms with Crippen molar-refractivity contribution in [1.29, 1.82) is 0 Å². The zero-order valence-corrected chi connectivity index (χ0v) is 35.4. The number of fused-ring (bicyclic) bond motifs is 7. The van der Waals surface area contributed by atoms with Crippen molar-refractivity contribution in [3.05, 3.63) is 161 Å². The monoisotopic (exact) mass is 801 g/mol. The van der Waals surface area contributed by atoms with Crippen molar-refractivity contribution in [3.8, 4) is 23.1 Å². The van der Waals surface area contributed by atoms with Crippen LogP contribution in [0.1, 0.15) is 81.8 Å². The van der Waals surface area contributed by atoms with E-state index in [1.165, 1.54) is 11.3 Å². The van der Waals surface area contributed by atoms with Crippen molar-refractivity contribution in [2.45, 2.75) is 64.7 Å². The van der Waals surface area contributed by atoms with E-state index in [4.69, 9.17) is 46.3 Å². The molecule has 0 bridgehead atoms. The van der Waals surface area contributed by atoms with Gasteiger partial charge in [0.25, 0.3) is 0 Å². The molecule has 0 fully saturated rings. The number of allylic oxidation sites excluding steroid dienone is 12. The summed E-state index contributed by atoms with van der Waals surface area (Å²) in [5.41, 5.74) is 8.22. The second-order valence-corrected chi connectivity index (χ2v) is 17.0. The molecule has 8 radical (unpaired) electrons. The van der Waals surface area contributed by atoms with Crippen LogP contribution in [0.5, 0.6) is 5.75 Å². The largest absolute Gasteiger partial charge is 0.513 e. The number of aliphatic hydroxyl groups is 1. The van der Waals surface area contributed by atoms with Crippen molar-refractivity contribution < 1.29 is 10.2 Å². The predicted molar refractivity (Wildman–Crippen MR) is 259 cm³/mol. The molecule has 9 rings (SSSR count). The molecule has 1 aliphatic heterocycles. The average molecular weight is 801 g/mol. The van der Waals surface area contributed by atoms with Gasteiger partial charge in [0, 0.05) is 51.2 Å². The van der Waals surface area contributed by atoms with E-state index in [9.17, 15) is 10.2 Å². The summed E-state index contributed by atoms with van der Waals surface area (Å²) in [4.78, 5) is 18.1. The van der Waals surface area contributed by atoms with E-state index in [0.29, 0.717) is 22.9 Å². The maximum absolute atomic E-state index is 12.0. The predicted octanol–water partition coefficient (Wildman–Crippen LogP) is 8.45. The number of rotatable bonds is 8. The summed E-state index contributed by atoms with van der Waals surface area (Å²) in [6.45, 7) is 12.3. The Bertz CT molecular complexity index is 3060. The lowest BCUT2D eigenvalue weighted by Crippen LogP contribution is -2.44. The molecule has 1 atom stereocenters. The van der Waals surface area contributed by atoms with Crippen LogP contribution in [0.25, 0.3) is 50.3 Å². The van der Waals surface area contributed by atoms with Gasteiger partial charge in [-0.25, -0.2) is 4.98 Å². The standard InChI is InChI=1S/C51H43B4N5O2/c1-6-39(61)36(52)27-35(40-41(51(3,4)5)42(53)43(54)44(55)47(40)62)28(2)48-56-49(29-17-9-7-10-18-29)58-50(57-48)60-38-24-16-14-22-32(38)34-26-25-33-31-21-13-15-23-37(31)59(45(33)46(34)60)30-19-11-8-12-20-30/h7,9-11,13-20,22-27,31,61-62H,2,6,8,12,21H2,1,3-5H3/b35-27+,39-36-. The van der Waals surface area contributed by atoms with Crippen LogP contribution >= 0.6 is 0 Å². The van der Waals surface area contributed by atoms with Gasteiger partial charge in [-0.15, -0.1) is 5.46 Å². The molecule has 0 saturated heterocycles. The summed E-state index contributed by atoms with van der Waals surface area (Å²) in [5, 5.41) is 25.0. The van der Waals surface area contributed by atoms with Crippen molar-refractivity contribution in [3.63, 3.8) is 0 Å². The molecule has 3 heterocycles. The molecule has 3 aliphatic rings. The van der Waals surface area contributed by atoms with Crippen molar-refractivity contribution in [2.24, 2.45) is 0 Å². The van der Waals surface area contributed by atoms with Crippen LogP contribution in [0.4, 0.5) is 5.69 Å². The Hall–Kier alpha value is -6.47. The molecule has 2 aliphatic carbocycles. The smallest absolute Gasteiger partial charge is 0.238 e. The van der Waals surface area contributed by atoms with Crippen molar-refractivity contribution >= 4 is 86.4 Å². The number of para-hydroxylation sites is 1. The number of phenolic OH excluding ortho intramolecular Hbond substituents is 1. The molecule has 6 aromatic rings. The van der Waals surface area contributed by atoms with Crippen LogP contribution in [0.15, 0.2) is 138 Å². The fourth-order valence-electron chi connectivity index (χ4n) is 9.11. The SMILES string of the molecule is [B]C(/C=C(\C(=C)c1nc(-c2ccccc2)nc(-n2c3ccccc3c3ccc4c(c32)N(C2=CCCC=C2)C2=CC=CCC24)n1)c1c(O)c([B])c([B])c([B])c1C(C)(C)C)=C(\O)CC. The Balaban J connectivity index is 1.37. The molecule has 7 nitrogen and oxygen atoms in total. The first-order valence-electron chi connectivity index (χ1n) is 21.0. The minimum absolute atomic E-state index is 0.0534. The number of hydrogen-bond donors (Lipinski definition) is 2. The van der Waals surface area contributed by atoms with Crippen LogP contribution in [0.2, 0.25) is 0 Å². The summed E-state index contributed by atoms with van der Waals surface area (Å²) in [6.07, 6.45) is 18.1. The Morgan fingerprint density at radius 1 is 0.903 bits per heavy atom. The van der Waals surface area contributed by atoms with Gasteiger partial charge < -0.3 is 15.1 Å². The number of benzene rings is 4. The number of anilines is 1. The van der Waals surface area contributed by atoms with E-state index in [0.717, 1.165) is 58.0 Å². The third-order valence-corrected chi connectivity index (χ3v) is 12.1. The number of hydrogen-bond acceptors (Lipinski definition) is 6. The molecule has 296 valence electrons. The number of aromatic hydroxyl groups is 1. The highest BCUT2D eigenvalue weighted by Crippen LogP contribution is 2.54. The first kappa shape index (κ1) is 40.9. The number of nitrogens with zero attached hydrogens (tertiary/aromatic N) is 5. The van der Waals surface area contributed by atoms with Gasteiger partial charge in [-0.05, 0) is 59.6 Å². The second kappa shape index (κ2) is 15.8. The molecule has 0 saturated carbocycles. The van der Waals surface area contributed by atoms with Crippen LogP contribution in [-0.4, -0.2) is 61.1 Å². The maximum atomic E-state index is 12.0. The first-order chi connectivity index (χ1) is 29.8. The van der Waals surface area contributed by atoms with E-state index >= 15 is 0 Å². The number of phenols is 1. The molecule has 2 N–H and O–H groups in total. The van der Waals surface area contributed by atoms with Gasteiger partial charge in [0.15, 0.2) is 11.6 Å². The van der Waals surface area contributed by atoms with E-state index < -0.39 is 5.41 Å². The van der Waals surface area contributed by atoms with Gasteiger partial charge in [-0.1, -0.05) is 142 Å². The molecule has 2 aromatic heterocycles. The van der Waals surface area contributed by atoms with Crippen LogP contribution < -0.4 is 21.3 Å². The number of aliphatic hydroxyl groups excluding tert-OH is 1. The Kier molecular flexibility index (Phi) is 10.4. The van der Waals surface area contributed by atoms with Gasteiger partial charge in [-0.2, -0.15) is 9.97 Å². The van der Waals surface area contributed by atoms with Crippen molar-refractivity contribution in [2.75, 3.05) is 4.90 Å². The summed E-state index contributed by atoms with van der Waals surface area (Å²) < 4.78 is 2.14. The molecule has 11 heteroatoms. The lowest BCUT2D eigenvalue weighted by atomic mass is 9.63. The van der Waals surface area contributed by atoms with Gasteiger partial charge in [0.2, 0.25) is 5.95 Å². The van der Waals surface area contributed by atoms with E-state index in [-0.39, 0.29) is 62.7 Å². The van der Waals surface area contributed by atoms with Crippen molar-refractivity contribution in [1.82, 2.24) is 19.5 Å². The normalized spacial score (nSPS) is 16.6. The van der Waals surface area contributed by atoms with Gasteiger partial charge in [-0.3, -0.25) is 4.57 Å². The lowest BCUT2D eigenvalue weighted by Gasteiger charge is -2.31. The van der Waals surface area contributed by atoms with Gasteiger partial charge in [0.1, 0.15) is 37.1 Å². The quantitative estimate of drug-likeness (QED) is 0.0914. The van der Waals surface area contributed by atoms with E-state index in [2.05, 4.69) is 82.8 Å². The topological polar surface area (TPSA) is 87.3 Å². The Labute approximate surface area is 368 Å². The molecular weight excluding hydrogens is 758 g/mol. The van der Waals surface area contributed by atoms with Crippen LogP contribution in [0, 0.1) is 0 Å². The summed E-state index contributed by atoms with van der Waals surface area (Å²) in [5.74, 6) is 0.779. The molecule has 1 unspecified atom stereocenters. The third kappa shape index (κ3) is 6.70. The molecule has 0 amide bonds. The highest BCUT2D eigenvalue weighted by Gasteiger charge is 2.39. The fourth-order valence-corrected chi connectivity index (χ4v) is 9.11. The van der Waals surface area contributed by atoms with E-state index in [1.54, 1.807) is 13.0 Å².